The molecule has 2 N–H and O–H groups in total. The summed E-state index contributed by atoms with van der Waals surface area (Å²) in [6.07, 6.45) is 1.74. The van der Waals surface area contributed by atoms with Crippen molar-refractivity contribution in [1.29, 1.82) is 0 Å². The Hall–Kier alpha value is -2.19. The summed E-state index contributed by atoms with van der Waals surface area (Å²) in [6, 6.07) is 9.72. The average molecular weight is 318 g/mol. The number of carboxylic acids is 1. The molecule has 0 unspecified atom stereocenters. The molecule has 0 radical (unpaired) electrons. The van der Waals surface area contributed by atoms with Gasteiger partial charge in [0.1, 0.15) is 0 Å². The Morgan fingerprint density at radius 2 is 2.14 bits per heavy atom. The summed E-state index contributed by atoms with van der Waals surface area (Å²) in [6.45, 7) is 0. The fourth-order valence-corrected chi connectivity index (χ4v) is 3.25. The van der Waals surface area contributed by atoms with E-state index in [1.54, 1.807) is 6.20 Å². The number of aromatic nitrogens is 3. The lowest BCUT2D eigenvalue weighted by Gasteiger charge is -2.05. The van der Waals surface area contributed by atoms with Gasteiger partial charge < -0.3 is 10.4 Å². The number of benzene rings is 1. The normalized spacial score (nSPS) is 10.7. The van der Waals surface area contributed by atoms with Crippen LogP contribution in [0, 0.1) is 0 Å². The van der Waals surface area contributed by atoms with E-state index < -0.39 is 5.97 Å². The summed E-state index contributed by atoms with van der Waals surface area (Å²) in [4.78, 5) is 14.9. The molecular formula is C13H10N4O2S2. The maximum absolute atomic E-state index is 10.5. The van der Waals surface area contributed by atoms with Crippen LogP contribution in [0.3, 0.4) is 0 Å². The summed E-state index contributed by atoms with van der Waals surface area (Å²) in [5.74, 6) is -0.896. The molecule has 21 heavy (non-hydrogen) atoms. The molecule has 3 rings (SSSR count). The molecule has 2 aromatic heterocycles. The molecule has 0 aliphatic rings. The quantitative estimate of drug-likeness (QED) is 0.699. The predicted molar refractivity (Wildman–Crippen MR) is 83.3 cm³/mol. The zero-order valence-corrected chi connectivity index (χ0v) is 12.3. The van der Waals surface area contributed by atoms with Crippen LogP contribution in [0.1, 0.15) is 0 Å². The van der Waals surface area contributed by atoms with E-state index in [0.717, 1.165) is 28.4 Å². The van der Waals surface area contributed by atoms with Crippen molar-refractivity contribution in [2.45, 2.75) is 4.34 Å². The molecule has 6 nitrogen and oxygen atoms in total. The Balaban J connectivity index is 1.81. The van der Waals surface area contributed by atoms with Gasteiger partial charge in [-0.1, -0.05) is 41.3 Å². The third kappa shape index (κ3) is 3.29. The van der Waals surface area contributed by atoms with Crippen molar-refractivity contribution in [3.8, 4) is 0 Å². The third-order valence-electron chi connectivity index (χ3n) is 2.60. The first-order valence-corrected chi connectivity index (χ1v) is 7.81. The van der Waals surface area contributed by atoms with Crippen LogP contribution < -0.4 is 5.32 Å². The number of fused-ring (bicyclic) bond motifs is 1. The van der Waals surface area contributed by atoms with Gasteiger partial charge in [-0.2, -0.15) is 0 Å². The SMILES string of the molecule is O=C(O)CSc1nnc(Nc2cccc3cccnc23)s1. The van der Waals surface area contributed by atoms with Crippen LogP contribution in [0.2, 0.25) is 0 Å². The molecule has 0 bridgehead atoms. The van der Waals surface area contributed by atoms with Gasteiger partial charge in [-0.15, -0.1) is 10.2 Å². The minimum absolute atomic E-state index is 0.0234. The molecule has 106 valence electrons. The van der Waals surface area contributed by atoms with Gasteiger partial charge in [-0.05, 0) is 12.1 Å². The highest BCUT2D eigenvalue weighted by molar-refractivity contribution is 8.01. The standard InChI is InChI=1S/C13H10N4O2S2/c18-10(19)7-20-13-17-16-12(21-13)15-9-5-1-3-8-4-2-6-14-11(8)9/h1-6H,7H2,(H,15,16)(H,18,19). The number of aliphatic carboxylic acids is 1. The van der Waals surface area contributed by atoms with E-state index in [0.29, 0.717) is 9.47 Å². The van der Waals surface area contributed by atoms with Crippen LogP contribution in [0.4, 0.5) is 10.8 Å². The summed E-state index contributed by atoms with van der Waals surface area (Å²) in [7, 11) is 0. The lowest BCUT2D eigenvalue weighted by atomic mass is 10.2. The topological polar surface area (TPSA) is 88.0 Å². The van der Waals surface area contributed by atoms with Crippen LogP contribution in [0.5, 0.6) is 0 Å². The third-order valence-corrected chi connectivity index (χ3v) is 4.56. The Morgan fingerprint density at radius 3 is 3.00 bits per heavy atom. The molecule has 2 heterocycles. The monoisotopic (exact) mass is 318 g/mol. The number of hydrogen-bond acceptors (Lipinski definition) is 7. The number of carboxylic acid groups (broad SMARTS) is 1. The molecule has 8 heteroatoms. The Labute approximate surface area is 128 Å². The number of nitrogens with one attached hydrogen (secondary N) is 1. The van der Waals surface area contributed by atoms with Crippen molar-refractivity contribution >= 4 is 50.8 Å². The molecule has 0 aliphatic carbocycles. The van der Waals surface area contributed by atoms with E-state index in [1.165, 1.54) is 11.3 Å². The molecule has 0 atom stereocenters. The number of carbonyl (C=O) groups is 1. The number of thioether (sulfide) groups is 1. The molecular weight excluding hydrogens is 308 g/mol. The van der Waals surface area contributed by atoms with E-state index in [4.69, 9.17) is 5.11 Å². The molecule has 0 saturated heterocycles. The molecule has 0 spiro atoms. The second-order valence-corrected chi connectivity index (χ2v) is 6.26. The second kappa shape index (κ2) is 6.06. The number of rotatable bonds is 5. The van der Waals surface area contributed by atoms with Crippen LogP contribution >= 0.6 is 23.1 Å². The van der Waals surface area contributed by atoms with Crippen LogP contribution in [0.15, 0.2) is 40.9 Å². The van der Waals surface area contributed by atoms with Crippen molar-refractivity contribution in [1.82, 2.24) is 15.2 Å². The molecule has 0 fully saturated rings. The fourth-order valence-electron chi connectivity index (χ4n) is 1.76. The van der Waals surface area contributed by atoms with Crippen molar-refractivity contribution in [3.05, 3.63) is 36.5 Å². The zero-order valence-electron chi connectivity index (χ0n) is 10.7. The smallest absolute Gasteiger partial charge is 0.313 e. The highest BCUT2D eigenvalue weighted by Crippen LogP contribution is 2.29. The maximum Gasteiger partial charge on any atom is 0.313 e. The van der Waals surface area contributed by atoms with E-state index in [9.17, 15) is 4.79 Å². The van der Waals surface area contributed by atoms with Crippen LogP contribution in [0.25, 0.3) is 10.9 Å². The number of hydrogen-bond donors (Lipinski definition) is 2. The van der Waals surface area contributed by atoms with Gasteiger partial charge in [0.2, 0.25) is 5.13 Å². The van der Waals surface area contributed by atoms with E-state index in [-0.39, 0.29) is 5.75 Å². The number of pyridine rings is 1. The Kier molecular flexibility index (Phi) is 3.98. The molecule has 0 aliphatic heterocycles. The van der Waals surface area contributed by atoms with Gasteiger partial charge in [0.15, 0.2) is 4.34 Å². The van der Waals surface area contributed by atoms with Gasteiger partial charge in [0.05, 0.1) is 17.0 Å². The largest absolute Gasteiger partial charge is 0.481 e. The molecule has 0 amide bonds. The average Bonchev–Trinajstić information content (AvgIpc) is 2.93. The number of para-hydroxylation sites is 1. The van der Waals surface area contributed by atoms with Gasteiger partial charge in [0, 0.05) is 11.6 Å². The van der Waals surface area contributed by atoms with Crippen molar-refractivity contribution in [2.24, 2.45) is 0 Å². The van der Waals surface area contributed by atoms with E-state index >= 15 is 0 Å². The van der Waals surface area contributed by atoms with Crippen LogP contribution in [-0.2, 0) is 4.79 Å². The molecule has 1 aromatic carbocycles. The minimum atomic E-state index is -0.872. The Morgan fingerprint density at radius 1 is 1.29 bits per heavy atom. The van der Waals surface area contributed by atoms with E-state index in [2.05, 4.69) is 20.5 Å². The summed E-state index contributed by atoms with van der Waals surface area (Å²) < 4.78 is 0.619. The van der Waals surface area contributed by atoms with Gasteiger partial charge >= 0.3 is 5.97 Å². The first kappa shape index (κ1) is 13.8. The lowest BCUT2D eigenvalue weighted by Crippen LogP contribution is -1.96. The number of anilines is 2. The van der Waals surface area contributed by atoms with Crippen molar-refractivity contribution in [2.75, 3.05) is 11.1 Å². The van der Waals surface area contributed by atoms with Crippen LogP contribution in [-0.4, -0.2) is 32.0 Å². The van der Waals surface area contributed by atoms with Gasteiger partial charge in [-0.3, -0.25) is 9.78 Å². The van der Waals surface area contributed by atoms with Gasteiger partial charge in [-0.25, -0.2) is 0 Å². The highest BCUT2D eigenvalue weighted by atomic mass is 32.2. The summed E-state index contributed by atoms with van der Waals surface area (Å²) in [5.41, 5.74) is 1.70. The predicted octanol–water partition coefficient (Wildman–Crippen LogP) is 3.01. The first-order valence-electron chi connectivity index (χ1n) is 6.01. The second-order valence-electron chi connectivity index (χ2n) is 4.06. The molecule has 3 aromatic rings. The van der Waals surface area contributed by atoms with Crippen molar-refractivity contribution < 1.29 is 9.90 Å². The highest BCUT2D eigenvalue weighted by Gasteiger charge is 2.09. The molecule has 0 saturated carbocycles. The minimum Gasteiger partial charge on any atom is -0.481 e. The first-order chi connectivity index (χ1) is 10.2. The summed E-state index contributed by atoms with van der Waals surface area (Å²) >= 11 is 2.47. The Bertz CT molecular complexity index is 785. The number of nitrogens with zero attached hydrogens (tertiary/aromatic N) is 3. The maximum atomic E-state index is 10.5. The zero-order chi connectivity index (χ0) is 14.7. The summed E-state index contributed by atoms with van der Waals surface area (Å²) in [5, 5.41) is 21.4. The lowest BCUT2D eigenvalue weighted by molar-refractivity contribution is -0.133. The van der Waals surface area contributed by atoms with Gasteiger partial charge in [0.25, 0.3) is 0 Å². The van der Waals surface area contributed by atoms with Crippen molar-refractivity contribution in [3.63, 3.8) is 0 Å². The van der Waals surface area contributed by atoms with E-state index in [1.807, 2.05) is 30.3 Å². The fraction of sp³-hybridized carbons (Fsp3) is 0.0769.